The van der Waals surface area contributed by atoms with E-state index < -0.39 is 0 Å². The van der Waals surface area contributed by atoms with Gasteiger partial charge < -0.3 is 9.84 Å². The highest BCUT2D eigenvalue weighted by molar-refractivity contribution is 5.25. The number of benzene rings is 1. The number of nitrogens with zero attached hydrogens (tertiary/aromatic N) is 2. The molecule has 1 N–H and O–H groups in total. The van der Waals surface area contributed by atoms with Crippen LogP contribution in [0.1, 0.15) is 5.56 Å². The van der Waals surface area contributed by atoms with Gasteiger partial charge in [0.25, 0.3) is 0 Å². The molecule has 4 heteroatoms. The molecule has 0 radical (unpaired) electrons. The SMILES string of the molecule is Cn1cc(OCc2ccc(O)cc2)cn1. The van der Waals surface area contributed by atoms with Gasteiger partial charge in [-0.1, -0.05) is 12.1 Å². The lowest BCUT2D eigenvalue weighted by molar-refractivity contribution is 0.306. The summed E-state index contributed by atoms with van der Waals surface area (Å²) in [6, 6.07) is 6.93. The van der Waals surface area contributed by atoms with E-state index in [4.69, 9.17) is 9.84 Å². The third kappa shape index (κ3) is 2.49. The Balaban J connectivity index is 1.96. The fourth-order valence-electron chi connectivity index (χ4n) is 1.23. The summed E-state index contributed by atoms with van der Waals surface area (Å²) in [6.07, 6.45) is 3.47. The Morgan fingerprint density at radius 2 is 2.07 bits per heavy atom. The third-order valence-corrected chi connectivity index (χ3v) is 2.02. The molecule has 0 aliphatic rings. The van der Waals surface area contributed by atoms with Crippen LogP contribution in [-0.2, 0) is 13.7 Å². The van der Waals surface area contributed by atoms with Crippen molar-refractivity contribution in [3.63, 3.8) is 0 Å². The summed E-state index contributed by atoms with van der Waals surface area (Å²) in [7, 11) is 1.84. The molecule has 0 unspecified atom stereocenters. The molecule has 78 valence electrons. The summed E-state index contributed by atoms with van der Waals surface area (Å²) in [5.41, 5.74) is 1.01. The van der Waals surface area contributed by atoms with Crippen LogP contribution in [0.5, 0.6) is 11.5 Å². The van der Waals surface area contributed by atoms with Crippen LogP contribution < -0.4 is 4.74 Å². The Hall–Kier alpha value is -1.97. The van der Waals surface area contributed by atoms with Crippen LogP contribution in [0.15, 0.2) is 36.7 Å². The Labute approximate surface area is 87.7 Å². The van der Waals surface area contributed by atoms with Crippen LogP contribution in [0, 0.1) is 0 Å². The summed E-state index contributed by atoms with van der Waals surface area (Å²) < 4.78 is 7.17. The van der Waals surface area contributed by atoms with Gasteiger partial charge in [-0.05, 0) is 17.7 Å². The first kappa shape index (κ1) is 9.58. The van der Waals surface area contributed by atoms with E-state index in [1.54, 1.807) is 29.2 Å². The van der Waals surface area contributed by atoms with Gasteiger partial charge in [-0.3, -0.25) is 4.68 Å². The molecule has 0 saturated heterocycles. The lowest BCUT2D eigenvalue weighted by Gasteiger charge is -2.02. The number of hydrogen-bond acceptors (Lipinski definition) is 3. The summed E-state index contributed by atoms with van der Waals surface area (Å²) in [5, 5.41) is 13.1. The zero-order valence-corrected chi connectivity index (χ0v) is 8.42. The van der Waals surface area contributed by atoms with Crippen molar-refractivity contribution in [1.82, 2.24) is 9.78 Å². The predicted molar refractivity (Wildman–Crippen MR) is 55.6 cm³/mol. The molecule has 0 atom stereocenters. The fourth-order valence-corrected chi connectivity index (χ4v) is 1.23. The second-order valence-corrected chi connectivity index (χ2v) is 3.30. The molecule has 15 heavy (non-hydrogen) atoms. The van der Waals surface area contributed by atoms with Crippen molar-refractivity contribution < 1.29 is 9.84 Å². The van der Waals surface area contributed by atoms with Crippen molar-refractivity contribution in [3.05, 3.63) is 42.2 Å². The van der Waals surface area contributed by atoms with Crippen molar-refractivity contribution in [2.75, 3.05) is 0 Å². The average Bonchev–Trinajstić information content (AvgIpc) is 2.64. The van der Waals surface area contributed by atoms with E-state index in [-0.39, 0.29) is 5.75 Å². The Morgan fingerprint density at radius 3 is 2.67 bits per heavy atom. The largest absolute Gasteiger partial charge is 0.508 e. The highest BCUT2D eigenvalue weighted by atomic mass is 16.5. The number of phenols is 1. The summed E-state index contributed by atoms with van der Waals surface area (Å²) in [6.45, 7) is 0.478. The number of aromatic hydroxyl groups is 1. The van der Waals surface area contributed by atoms with Gasteiger partial charge in [-0.25, -0.2) is 0 Å². The minimum atomic E-state index is 0.264. The standard InChI is InChI=1S/C11H12N2O2/c1-13-7-11(6-12-13)15-8-9-2-4-10(14)5-3-9/h2-7,14H,8H2,1H3. The molecular weight excluding hydrogens is 192 g/mol. The number of hydrogen-bond donors (Lipinski definition) is 1. The molecule has 0 spiro atoms. The quantitative estimate of drug-likeness (QED) is 0.827. The highest BCUT2D eigenvalue weighted by Gasteiger charge is 1.98. The molecule has 0 amide bonds. The number of aryl methyl sites for hydroxylation is 1. The summed E-state index contributed by atoms with van der Waals surface area (Å²) in [4.78, 5) is 0. The maximum atomic E-state index is 9.09. The van der Waals surface area contributed by atoms with Crippen LogP contribution in [0.4, 0.5) is 0 Å². The maximum absolute atomic E-state index is 9.09. The van der Waals surface area contributed by atoms with Gasteiger partial charge in [0.2, 0.25) is 0 Å². The molecule has 0 saturated carbocycles. The predicted octanol–water partition coefficient (Wildman–Crippen LogP) is 1.70. The molecule has 1 heterocycles. The van der Waals surface area contributed by atoms with E-state index in [9.17, 15) is 0 Å². The van der Waals surface area contributed by atoms with Gasteiger partial charge in [0.15, 0.2) is 5.75 Å². The Kier molecular flexibility index (Phi) is 2.58. The van der Waals surface area contributed by atoms with Gasteiger partial charge in [0.1, 0.15) is 12.4 Å². The third-order valence-electron chi connectivity index (χ3n) is 2.02. The van der Waals surface area contributed by atoms with Crippen molar-refractivity contribution in [2.24, 2.45) is 7.05 Å². The van der Waals surface area contributed by atoms with Crippen molar-refractivity contribution >= 4 is 0 Å². The molecule has 2 aromatic rings. The van der Waals surface area contributed by atoms with E-state index in [0.717, 1.165) is 11.3 Å². The van der Waals surface area contributed by atoms with Gasteiger partial charge >= 0.3 is 0 Å². The van der Waals surface area contributed by atoms with Gasteiger partial charge in [0, 0.05) is 7.05 Å². The van der Waals surface area contributed by atoms with E-state index in [1.165, 1.54) is 0 Å². The van der Waals surface area contributed by atoms with Crippen LogP contribution >= 0.6 is 0 Å². The van der Waals surface area contributed by atoms with Crippen LogP contribution in [0.3, 0.4) is 0 Å². The molecule has 1 aromatic carbocycles. The lowest BCUT2D eigenvalue weighted by Crippen LogP contribution is -1.93. The van der Waals surface area contributed by atoms with Crippen molar-refractivity contribution in [2.45, 2.75) is 6.61 Å². The fraction of sp³-hybridized carbons (Fsp3) is 0.182. The minimum absolute atomic E-state index is 0.264. The van der Waals surface area contributed by atoms with Crippen LogP contribution in [0.25, 0.3) is 0 Å². The monoisotopic (exact) mass is 204 g/mol. The second kappa shape index (κ2) is 4.04. The van der Waals surface area contributed by atoms with Gasteiger partial charge in [-0.2, -0.15) is 5.10 Å². The zero-order chi connectivity index (χ0) is 10.7. The number of aromatic nitrogens is 2. The first-order chi connectivity index (χ1) is 7.24. The lowest BCUT2D eigenvalue weighted by atomic mass is 10.2. The van der Waals surface area contributed by atoms with Gasteiger partial charge in [0.05, 0.1) is 12.4 Å². The molecule has 0 aliphatic heterocycles. The number of rotatable bonds is 3. The van der Waals surface area contributed by atoms with E-state index in [0.29, 0.717) is 6.61 Å². The van der Waals surface area contributed by atoms with E-state index in [1.807, 2.05) is 19.2 Å². The smallest absolute Gasteiger partial charge is 0.157 e. The molecule has 2 rings (SSSR count). The molecular formula is C11H12N2O2. The van der Waals surface area contributed by atoms with Crippen LogP contribution in [-0.4, -0.2) is 14.9 Å². The summed E-state index contributed by atoms with van der Waals surface area (Å²) >= 11 is 0. The van der Waals surface area contributed by atoms with Crippen molar-refractivity contribution in [1.29, 1.82) is 0 Å². The maximum Gasteiger partial charge on any atom is 0.157 e. The van der Waals surface area contributed by atoms with E-state index >= 15 is 0 Å². The molecule has 0 fully saturated rings. The Morgan fingerprint density at radius 1 is 1.33 bits per heavy atom. The number of phenolic OH excluding ortho intramolecular Hbond substituents is 1. The first-order valence-electron chi connectivity index (χ1n) is 4.63. The average molecular weight is 204 g/mol. The Bertz CT molecular complexity index is 434. The number of ether oxygens (including phenoxy) is 1. The normalized spacial score (nSPS) is 10.2. The summed E-state index contributed by atoms with van der Waals surface area (Å²) in [5.74, 6) is 1.01. The van der Waals surface area contributed by atoms with Crippen LogP contribution in [0.2, 0.25) is 0 Å². The van der Waals surface area contributed by atoms with Gasteiger partial charge in [-0.15, -0.1) is 0 Å². The topological polar surface area (TPSA) is 47.3 Å². The highest BCUT2D eigenvalue weighted by Crippen LogP contribution is 2.13. The first-order valence-corrected chi connectivity index (χ1v) is 4.63. The molecule has 1 aromatic heterocycles. The second-order valence-electron chi connectivity index (χ2n) is 3.30. The molecule has 0 aliphatic carbocycles. The molecule has 4 nitrogen and oxygen atoms in total. The zero-order valence-electron chi connectivity index (χ0n) is 8.42. The van der Waals surface area contributed by atoms with Crippen molar-refractivity contribution in [3.8, 4) is 11.5 Å². The van der Waals surface area contributed by atoms with E-state index in [2.05, 4.69) is 5.10 Å². The molecule has 0 bridgehead atoms. The minimum Gasteiger partial charge on any atom is -0.508 e.